The first kappa shape index (κ1) is 9.74. The summed E-state index contributed by atoms with van der Waals surface area (Å²) < 4.78 is 0. The van der Waals surface area contributed by atoms with Crippen LogP contribution in [0.25, 0.3) is 0 Å². The molecule has 0 atom stereocenters. The Bertz CT molecular complexity index is 93.1. The monoisotopic (exact) mass is 140 g/mol. The van der Waals surface area contributed by atoms with E-state index in [0.29, 0.717) is 5.41 Å². The van der Waals surface area contributed by atoms with Crippen molar-refractivity contribution in [1.82, 2.24) is 0 Å². The minimum absolute atomic E-state index is 0.369. The van der Waals surface area contributed by atoms with Gasteiger partial charge < -0.3 is 0 Å². The Morgan fingerprint density at radius 3 is 2.20 bits per heavy atom. The van der Waals surface area contributed by atoms with Crippen molar-refractivity contribution >= 4 is 0 Å². The summed E-state index contributed by atoms with van der Waals surface area (Å²) in [5.41, 5.74) is 0.369. The molecule has 60 valence electrons. The van der Waals surface area contributed by atoms with Gasteiger partial charge in [0.2, 0.25) is 0 Å². The van der Waals surface area contributed by atoms with E-state index in [0.717, 1.165) is 0 Å². The molecule has 0 nitrogen and oxygen atoms in total. The van der Waals surface area contributed by atoms with Crippen LogP contribution in [0, 0.1) is 5.41 Å². The van der Waals surface area contributed by atoms with E-state index in [9.17, 15) is 0 Å². The molecule has 0 heterocycles. The van der Waals surface area contributed by atoms with E-state index < -0.39 is 0 Å². The van der Waals surface area contributed by atoms with Crippen molar-refractivity contribution in [2.24, 2.45) is 5.41 Å². The van der Waals surface area contributed by atoms with Crippen LogP contribution in [0.1, 0.15) is 47.0 Å². The topological polar surface area (TPSA) is 0 Å². The van der Waals surface area contributed by atoms with Crippen LogP contribution in [-0.4, -0.2) is 0 Å². The van der Waals surface area contributed by atoms with Crippen LogP contribution in [0.2, 0.25) is 0 Å². The van der Waals surface area contributed by atoms with Crippen molar-refractivity contribution in [3.8, 4) is 0 Å². The highest BCUT2D eigenvalue weighted by Crippen LogP contribution is 2.15. The molecule has 0 aliphatic rings. The Morgan fingerprint density at radius 1 is 1.20 bits per heavy atom. The zero-order chi connectivity index (χ0) is 8.04. The molecule has 0 aliphatic carbocycles. The van der Waals surface area contributed by atoms with E-state index in [1.165, 1.54) is 19.3 Å². The third-order valence-electron chi connectivity index (χ3n) is 1.34. The fourth-order valence-corrected chi connectivity index (χ4v) is 0.759. The summed E-state index contributed by atoms with van der Waals surface area (Å²) in [5, 5.41) is 0. The van der Waals surface area contributed by atoms with Gasteiger partial charge in [0, 0.05) is 0 Å². The van der Waals surface area contributed by atoms with Crippen LogP contribution in [0.3, 0.4) is 0 Å². The molecule has 10 heavy (non-hydrogen) atoms. The van der Waals surface area contributed by atoms with Gasteiger partial charge >= 0.3 is 0 Å². The fraction of sp³-hybridized carbons (Fsp3) is 0.800. The second kappa shape index (κ2) is 4.54. The Balaban J connectivity index is 3.37. The zero-order valence-corrected chi connectivity index (χ0v) is 7.78. The molecule has 0 unspecified atom stereocenters. The maximum absolute atomic E-state index is 2.30. The first-order valence-electron chi connectivity index (χ1n) is 4.24. The minimum Gasteiger partial charge on any atom is -0.0880 e. The maximum atomic E-state index is 2.30. The molecular weight excluding hydrogens is 120 g/mol. The van der Waals surface area contributed by atoms with E-state index >= 15 is 0 Å². The lowest BCUT2D eigenvalue weighted by Gasteiger charge is -2.10. The molecule has 0 saturated heterocycles. The Morgan fingerprint density at radius 2 is 1.80 bits per heavy atom. The quantitative estimate of drug-likeness (QED) is 0.413. The molecule has 0 amide bonds. The van der Waals surface area contributed by atoms with E-state index in [-0.39, 0.29) is 0 Å². The number of allylic oxidation sites excluding steroid dienone is 2. The number of rotatable bonds is 3. The molecule has 0 aromatic carbocycles. The molecule has 0 saturated carbocycles. The highest BCUT2D eigenvalue weighted by molar-refractivity contribution is 4.91. The van der Waals surface area contributed by atoms with Crippen molar-refractivity contribution in [2.75, 3.05) is 0 Å². The van der Waals surface area contributed by atoms with Gasteiger partial charge in [-0.3, -0.25) is 0 Å². The summed E-state index contributed by atoms with van der Waals surface area (Å²) in [6, 6.07) is 0. The standard InChI is InChI=1S/C10H20/c1-5-6-7-8-9-10(2,3)4/h8-9H,5-7H2,1-4H3/b9-8+. The molecule has 0 aromatic rings. The Labute approximate surface area is 65.3 Å². The zero-order valence-electron chi connectivity index (χ0n) is 7.78. The third kappa shape index (κ3) is 7.74. The van der Waals surface area contributed by atoms with E-state index in [1.807, 2.05) is 0 Å². The molecular formula is C10H20. The van der Waals surface area contributed by atoms with Gasteiger partial charge in [0.15, 0.2) is 0 Å². The summed E-state index contributed by atoms with van der Waals surface area (Å²) >= 11 is 0. The van der Waals surface area contributed by atoms with Crippen molar-refractivity contribution < 1.29 is 0 Å². The normalized spacial score (nSPS) is 12.8. The van der Waals surface area contributed by atoms with Crippen molar-refractivity contribution in [3.05, 3.63) is 12.2 Å². The molecule has 0 heteroatoms. The fourth-order valence-electron chi connectivity index (χ4n) is 0.759. The van der Waals surface area contributed by atoms with Gasteiger partial charge in [-0.15, -0.1) is 0 Å². The third-order valence-corrected chi connectivity index (χ3v) is 1.34. The van der Waals surface area contributed by atoms with E-state index in [1.54, 1.807) is 0 Å². The summed E-state index contributed by atoms with van der Waals surface area (Å²) in [6.07, 6.45) is 8.46. The van der Waals surface area contributed by atoms with E-state index in [2.05, 4.69) is 39.8 Å². The minimum atomic E-state index is 0.369. The van der Waals surface area contributed by atoms with Crippen LogP contribution in [0.5, 0.6) is 0 Å². The molecule has 0 fully saturated rings. The lowest BCUT2D eigenvalue weighted by atomic mass is 9.96. The van der Waals surface area contributed by atoms with Crippen LogP contribution in [0.4, 0.5) is 0 Å². The summed E-state index contributed by atoms with van der Waals surface area (Å²) in [5.74, 6) is 0. The Hall–Kier alpha value is -0.260. The average molecular weight is 140 g/mol. The summed E-state index contributed by atoms with van der Waals surface area (Å²) in [6.45, 7) is 8.92. The number of hydrogen-bond acceptors (Lipinski definition) is 0. The van der Waals surface area contributed by atoms with E-state index in [4.69, 9.17) is 0 Å². The molecule has 0 N–H and O–H groups in total. The van der Waals surface area contributed by atoms with Crippen LogP contribution >= 0.6 is 0 Å². The first-order valence-corrected chi connectivity index (χ1v) is 4.24. The molecule has 0 aromatic heterocycles. The highest BCUT2D eigenvalue weighted by Gasteiger charge is 2.01. The van der Waals surface area contributed by atoms with Crippen LogP contribution < -0.4 is 0 Å². The summed E-state index contributed by atoms with van der Waals surface area (Å²) in [4.78, 5) is 0. The van der Waals surface area contributed by atoms with Gasteiger partial charge in [-0.05, 0) is 11.8 Å². The first-order chi connectivity index (χ1) is 4.56. The lowest BCUT2D eigenvalue weighted by molar-refractivity contribution is 0.541. The molecule has 0 aliphatic heterocycles. The molecule has 0 bridgehead atoms. The predicted molar refractivity (Wildman–Crippen MR) is 48.1 cm³/mol. The molecule has 0 rings (SSSR count). The van der Waals surface area contributed by atoms with Crippen LogP contribution in [-0.2, 0) is 0 Å². The average Bonchev–Trinajstić information content (AvgIpc) is 1.78. The van der Waals surface area contributed by atoms with Crippen molar-refractivity contribution in [2.45, 2.75) is 47.0 Å². The summed E-state index contributed by atoms with van der Waals surface area (Å²) in [7, 11) is 0. The largest absolute Gasteiger partial charge is 0.0880 e. The SMILES string of the molecule is CCCC/C=C/C(C)(C)C. The van der Waals surface area contributed by atoms with Gasteiger partial charge in [-0.25, -0.2) is 0 Å². The number of unbranched alkanes of at least 4 members (excludes halogenated alkanes) is 2. The van der Waals surface area contributed by atoms with Gasteiger partial charge in [0.05, 0.1) is 0 Å². The van der Waals surface area contributed by atoms with Crippen LogP contribution in [0.15, 0.2) is 12.2 Å². The van der Waals surface area contributed by atoms with Gasteiger partial charge in [-0.2, -0.15) is 0 Å². The van der Waals surface area contributed by atoms with Crippen molar-refractivity contribution in [1.29, 1.82) is 0 Å². The second-order valence-corrected chi connectivity index (χ2v) is 3.91. The smallest absolute Gasteiger partial charge is 0.0203 e. The second-order valence-electron chi connectivity index (χ2n) is 3.91. The highest BCUT2D eigenvalue weighted by atomic mass is 14.1. The van der Waals surface area contributed by atoms with Gasteiger partial charge in [0.1, 0.15) is 0 Å². The predicted octanol–water partition coefficient (Wildman–Crippen LogP) is 3.78. The molecule has 0 radical (unpaired) electrons. The Kier molecular flexibility index (Phi) is 4.42. The van der Waals surface area contributed by atoms with Crippen molar-refractivity contribution in [3.63, 3.8) is 0 Å². The maximum Gasteiger partial charge on any atom is -0.0203 e. The van der Waals surface area contributed by atoms with Gasteiger partial charge in [-0.1, -0.05) is 52.7 Å². The number of hydrogen-bond donors (Lipinski definition) is 0. The lowest BCUT2D eigenvalue weighted by Crippen LogP contribution is -1.97. The molecule has 0 spiro atoms. The van der Waals surface area contributed by atoms with Gasteiger partial charge in [0.25, 0.3) is 0 Å².